The summed E-state index contributed by atoms with van der Waals surface area (Å²) in [7, 11) is 0. The number of rotatable bonds is 4. The molecule has 7 heteroatoms. The van der Waals surface area contributed by atoms with Gasteiger partial charge in [0.15, 0.2) is 0 Å². The van der Waals surface area contributed by atoms with Crippen LogP contribution in [0.1, 0.15) is 17.0 Å². The Morgan fingerprint density at radius 3 is 2.68 bits per heavy atom. The van der Waals surface area contributed by atoms with E-state index in [0.29, 0.717) is 17.3 Å². The van der Waals surface area contributed by atoms with Crippen molar-refractivity contribution < 1.29 is 9.21 Å². The molecule has 0 radical (unpaired) electrons. The van der Waals surface area contributed by atoms with Gasteiger partial charge < -0.3 is 14.3 Å². The molecule has 0 aliphatic rings. The molecule has 2 heterocycles. The van der Waals surface area contributed by atoms with Gasteiger partial charge in [0.05, 0.1) is 5.56 Å². The van der Waals surface area contributed by atoms with Crippen molar-refractivity contribution in [1.29, 1.82) is 0 Å². The molecule has 2 aromatic heterocycles. The van der Waals surface area contributed by atoms with Crippen molar-refractivity contribution in [2.75, 3.05) is 5.32 Å². The zero-order chi connectivity index (χ0) is 18.0. The first-order chi connectivity index (χ1) is 11.9. The van der Waals surface area contributed by atoms with Crippen LogP contribution in [-0.4, -0.2) is 20.7 Å². The third kappa shape index (κ3) is 3.65. The molecular weight excluding hydrogens is 320 g/mol. The SMILES string of the molecule is Cc1nnc(-c2ccc(=O)n(CC(=O)Nc3cccc(C)c3C)c2)o1. The summed E-state index contributed by atoms with van der Waals surface area (Å²) in [4.78, 5) is 24.4. The maximum atomic E-state index is 12.3. The lowest BCUT2D eigenvalue weighted by Gasteiger charge is -2.11. The van der Waals surface area contributed by atoms with Crippen LogP contribution in [0.5, 0.6) is 0 Å². The fourth-order valence-corrected chi connectivity index (χ4v) is 2.43. The van der Waals surface area contributed by atoms with E-state index in [9.17, 15) is 9.59 Å². The number of nitrogens with zero attached hydrogens (tertiary/aromatic N) is 3. The summed E-state index contributed by atoms with van der Waals surface area (Å²) in [6.07, 6.45) is 1.54. The lowest BCUT2D eigenvalue weighted by molar-refractivity contribution is -0.116. The van der Waals surface area contributed by atoms with Gasteiger partial charge in [-0.05, 0) is 37.1 Å². The number of nitrogens with one attached hydrogen (secondary N) is 1. The highest BCUT2D eigenvalue weighted by Crippen LogP contribution is 2.18. The second-order valence-corrected chi connectivity index (χ2v) is 5.81. The van der Waals surface area contributed by atoms with Crippen molar-refractivity contribution >= 4 is 11.6 Å². The van der Waals surface area contributed by atoms with E-state index in [2.05, 4.69) is 15.5 Å². The molecule has 0 aliphatic heterocycles. The van der Waals surface area contributed by atoms with Crippen molar-refractivity contribution in [3.63, 3.8) is 0 Å². The third-order valence-corrected chi connectivity index (χ3v) is 3.95. The number of aromatic nitrogens is 3. The number of amides is 1. The Balaban J connectivity index is 1.81. The van der Waals surface area contributed by atoms with Gasteiger partial charge >= 0.3 is 0 Å². The quantitative estimate of drug-likeness (QED) is 0.789. The first-order valence-corrected chi connectivity index (χ1v) is 7.81. The highest BCUT2D eigenvalue weighted by Gasteiger charge is 2.11. The second-order valence-electron chi connectivity index (χ2n) is 5.81. The standard InChI is InChI=1S/C18H18N4O3/c1-11-5-4-6-15(12(11)2)19-16(23)10-22-9-14(7-8-17(22)24)18-21-20-13(3)25-18/h4-9H,10H2,1-3H3,(H,19,23). The van der Waals surface area contributed by atoms with Crippen LogP contribution in [0.25, 0.3) is 11.5 Å². The molecule has 0 bridgehead atoms. The van der Waals surface area contributed by atoms with Gasteiger partial charge in [-0.3, -0.25) is 9.59 Å². The number of hydrogen-bond acceptors (Lipinski definition) is 5. The fourth-order valence-electron chi connectivity index (χ4n) is 2.43. The van der Waals surface area contributed by atoms with Crippen LogP contribution < -0.4 is 10.9 Å². The van der Waals surface area contributed by atoms with E-state index in [1.165, 1.54) is 16.8 Å². The summed E-state index contributed by atoms with van der Waals surface area (Å²) in [5, 5.41) is 10.5. The average Bonchev–Trinajstić information content (AvgIpc) is 3.00. The molecule has 3 aromatic rings. The van der Waals surface area contributed by atoms with E-state index in [0.717, 1.165) is 16.8 Å². The topological polar surface area (TPSA) is 90.0 Å². The van der Waals surface area contributed by atoms with Crippen LogP contribution in [0.2, 0.25) is 0 Å². The van der Waals surface area contributed by atoms with Crippen molar-refractivity contribution in [2.24, 2.45) is 0 Å². The minimum absolute atomic E-state index is 0.104. The average molecular weight is 338 g/mol. The normalized spacial score (nSPS) is 10.7. The Kier molecular flexibility index (Phi) is 4.47. The molecule has 0 aliphatic carbocycles. The molecule has 0 fully saturated rings. The van der Waals surface area contributed by atoms with Gasteiger partial charge in [-0.1, -0.05) is 12.1 Å². The Bertz CT molecular complexity index is 988. The molecule has 3 rings (SSSR count). The van der Waals surface area contributed by atoms with E-state index in [4.69, 9.17) is 4.42 Å². The molecule has 0 saturated carbocycles. The predicted octanol–water partition coefficient (Wildman–Crippen LogP) is 2.46. The van der Waals surface area contributed by atoms with Crippen LogP contribution in [0, 0.1) is 20.8 Å². The first kappa shape index (κ1) is 16.6. The summed E-state index contributed by atoms with van der Waals surface area (Å²) in [5.74, 6) is 0.455. The molecule has 0 saturated heterocycles. The molecule has 0 unspecified atom stereocenters. The van der Waals surface area contributed by atoms with E-state index in [1.807, 2.05) is 32.0 Å². The number of pyridine rings is 1. The highest BCUT2D eigenvalue weighted by atomic mass is 16.4. The summed E-state index contributed by atoms with van der Waals surface area (Å²) in [5.41, 5.74) is 3.12. The summed E-state index contributed by atoms with van der Waals surface area (Å²) in [6.45, 7) is 5.50. The van der Waals surface area contributed by atoms with Crippen molar-refractivity contribution in [3.05, 3.63) is 63.9 Å². The third-order valence-electron chi connectivity index (χ3n) is 3.95. The molecule has 1 aromatic carbocycles. The minimum atomic E-state index is -0.283. The molecule has 0 atom stereocenters. The Morgan fingerprint density at radius 2 is 1.96 bits per heavy atom. The lowest BCUT2D eigenvalue weighted by Crippen LogP contribution is -2.27. The first-order valence-electron chi connectivity index (χ1n) is 7.81. The number of anilines is 1. The Hall–Kier alpha value is -3.22. The van der Waals surface area contributed by atoms with Crippen LogP contribution in [0.4, 0.5) is 5.69 Å². The Labute approximate surface area is 144 Å². The maximum Gasteiger partial charge on any atom is 0.251 e. The van der Waals surface area contributed by atoms with Gasteiger partial charge in [-0.2, -0.15) is 0 Å². The zero-order valence-electron chi connectivity index (χ0n) is 14.2. The molecule has 1 amide bonds. The predicted molar refractivity (Wildman–Crippen MR) is 93.3 cm³/mol. The highest BCUT2D eigenvalue weighted by molar-refractivity contribution is 5.91. The van der Waals surface area contributed by atoms with Gasteiger partial charge in [0.25, 0.3) is 5.56 Å². The largest absolute Gasteiger partial charge is 0.421 e. The molecule has 7 nitrogen and oxygen atoms in total. The van der Waals surface area contributed by atoms with Crippen LogP contribution in [0.15, 0.2) is 45.7 Å². The fraction of sp³-hybridized carbons (Fsp3) is 0.222. The maximum absolute atomic E-state index is 12.3. The molecule has 1 N–H and O–H groups in total. The number of benzene rings is 1. The van der Waals surface area contributed by atoms with Gasteiger partial charge in [0, 0.05) is 24.9 Å². The van der Waals surface area contributed by atoms with E-state index in [1.54, 1.807) is 13.0 Å². The van der Waals surface area contributed by atoms with E-state index in [-0.39, 0.29) is 18.0 Å². The van der Waals surface area contributed by atoms with E-state index >= 15 is 0 Å². The molecule has 25 heavy (non-hydrogen) atoms. The monoisotopic (exact) mass is 338 g/mol. The number of hydrogen-bond donors (Lipinski definition) is 1. The molecule has 0 spiro atoms. The number of aryl methyl sites for hydroxylation is 2. The van der Waals surface area contributed by atoms with Crippen molar-refractivity contribution in [2.45, 2.75) is 27.3 Å². The van der Waals surface area contributed by atoms with Crippen LogP contribution in [0.3, 0.4) is 0 Å². The summed E-state index contributed by atoms with van der Waals surface area (Å²) >= 11 is 0. The van der Waals surface area contributed by atoms with Crippen molar-refractivity contribution in [3.8, 4) is 11.5 Å². The lowest BCUT2D eigenvalue weighted by atomic mass is 10.1. The smallest absolute Gasteiger partial charge is 0.251 e. The van der Waals surface area contributed by atoms with Gasteiger partial charge in [-0.15, -0.1) is 10.2 Å². The Morgan fingerprint density at radius 1 is 1.16 bits per heavy atom. The van der Waals surface area contributed by atoms with E-state index < -0.39 is 0 Å². The van der Waals surface area contributed by atoms with Crippen LogP contribution in [-0.2, 0) is 11.3 Å². The van der Waals surface area contributed by atoms with Gasteiger partial charge in [-0.25, -0.2) is 0 Å². The molecule has 128 valence electrons. The summed E-state index contributed by atoms with van der Waals surface area (Å²) in [6, 6.07) is 8.66. The van der Waals surface area contributed by atoms with Gasteiger partial charge in [0.2, 0.25) is 17.7 Å². The van der Waals surface area contributed by atoms with Gasteiger partial charge in [0.1, 0.15) is 6.54 Å². The number of carbonyl (C=O) groups excluding carboxylic acids is 1. The molecular formula is C18H18N4O3. The number of carbonyl (C=O) groups is 1. The zero-order valence-corrected chi connectivity index (χ0v) is 14.2. The minimum Gasteiger partial charge on any atom is -0.421 e. The summed E-state index contributed by atoms with van der Waals surface area (Å²) < 4.78 is 6.67. The van der Waals surface area contributed by atoms with Crippen LogP contribution >= 0.6 is 0 Å². The van der Waals surface area contributed by atoms with Crippen molar-refractivity contribution in [1.82, 2.24) is 14.8 Å². The second kappa shape index (κ2) is 6.72.